The first-order valence-electron chi connectivity index (χ1n) is 7.50. The fourth-order valence-electron chi connectivity index (χ4n) is 3.09. The van der Waals surface area contributed by atoms with Crippen molar-refractivity contribution in [2.45, 2.75) is 25.3 Å². The number of para-hydroxylation sites is 1. The molecule has 21 heavy (non-hydrogen) atoms. The first-order valence-corrected chi connectivity index (χ1v) is 7.50. The quantitative estimate of drug-likeness (QED) is 0.859. The normalized spacial score (nSPS) is 26.4. The van der Waals surface area contributed by atoms with Gasteiger partial charge in [0.25, 0.3) is 0 Å². The molecule has 5 nitrogen and oxygen atoms in total. The molecule has 0 spiro atoms. The Morgan fingerprint density at radius 3 is 2.76 bits per heavy atom. The highest BCUT2D eigenvalue weighted by atomic mass is 16.5. The van der Waals surface area contributed by atoms with E-state index in [4.69, 9.17) is 4.74 Å². The number of benzene rings is 1. The van der Waals surface area contributed by atoms with Crippen molar-refractivity contribution >= 4 is 17.6 Å². The van der Waals surface area contributed by atoms with Gasteiger partial charge in [-0.25, -0.2) is 0 Å². The summed E-state index contributed by atoms with van der Waals surface area (Å²) < 4.78 is 5.03. The predicted octanol–water partition coefficient (Wildman–Crippen LogP) is 1.65. The summed E-state index contributed by atoms with van der Waals surface area (Å²) in [6.07, 6.45) is 2.56. The number of ether oxygens (including phenoxy) is 1. The van der Waals surface area contributed by atoms with Crippen LogP contribution in [0.1, 0.15) is 19.3 Å². The Labute approximate surface area is 124 Å². The zero-order chi connectivity index (χ0) is 14.7. The number of hydrogen-bond donors (Lipinski definition) is 1. The number of cyclic esters (lactones) is 1. The second-order valence-electron chi connectivity index (χ2n) is 5.66. The predicted molar refractivity (Wildman–Crippen MR) is 78.7 cm³/mol. The van der Waals surface area contributed by atoms with Crippen LogP contribution in [0.5, 0.6) is 0 Å². The number of carbonyl (C=O) groups is 2. The number of esters is 1. The summed E-state index contributed by atoms with van der Waals surface area (Å²) in [6.45, 7) is 2.01. The van der Waals surface area contributed by atoms with Crippen LogP contribution in [0.2, 0.25) is 0 Å². The highest BCUT2D eigenvalue weighted by Gasteiger charge is 2.36. The topological polar surface area (TPSA) is 58.6 Å². The molecule has 0 saturated carbocycles. The van der Waals surface area contributed by atoms with Gasteiger partial charge in [0.2, 0.25) is 5.91 Å². The fraction of sp³-hybridized carbons (Fsp3) is 0.500. The summed E-state index contributed by atoms with van der Waals surface area (Å²) in [6, 6.07) is 9.33. The van der Waals surface area contributed by atoms with Crippen molar-refractivity contribution in [2.24, 2.45) is 5.92 Å². The third-order valence-corrected chi connectivity index (χ3v) is 4.21. The second kappa shape index (κ2) is 6.26. The van der Waals surface area contributed by atoms with Gasteiger partial charge in [-0.3, -0.25) is 14.5 Å². The Balaban J connectivity index is 1.60. The minimum absolute atomic E-state index is 0.0391. The number of nitrogens with zero attached hydrogens (tertiary/aromatic N) is 1. The lowest BCUT2D eigenvalue weighted by Crippen LogP contribution is -2.47. The van der Waals surface area contributed by atoms with Gasteiger partial charge in [0.1, 0.15) is 6.04 Å². The van der Waals surface area contributed by atoms with E-state index in [-0.39, 0.29) is 23.8 Å². The molecule has 0 bridgehead atoms. The Hall–Kier alpha value is -1.88. The molecule has 5 heteroatoms. The molecular formula is C16H20N2O3. The standard InChI is InChI=1S/C16H20N2O3/c19-15(17-13-6-2-1-3-7-13)12-5-4-9-18(11-12)14-8-10-21-16(14)20/h1-3,6-7,12,14H,4-5,8-11H2,(H,17,19)/t12-,14-/m1/s1. The van der Waals surface area contributed by atoms with E-state index in [1.807, 2.05) is 30.3 Å². The molecule has 2 fully saturated rings. The monoisotopic (exact) mass is 288 g/mol. The molecule has 0 aliphatic carbocycles. The molecule has 0 unspecified atom stereocenters. The zero-order valence-corrected chi connectivity index (χ0v) is 12.0. The van der Waals surface area contributed by atoms with Crippen molar-refractivity contribution in [3.05, 3.63) is 30.3 Å². The van der Waals surface area contributed by atoms with Crippen molar-refractivity contribution in [2.75, 3.05) is 25.0 Å². The fourth-order valence-corrected chi connectivity index (χ4v) is 3.09. The van der Waals surface area contributed by atoms with E-state index >= 15 is 0 Å². The van der Waals surface area contributed by atoms with Gasteiger partial charge >= 0.3 is 5.97 Å². The maximum Gasteiger partial charge on any atom is 0.323 e. The largest absolute Gasteiger partial charge is 0.464 e. The van der Waals surface area contributed by atoms with Gasteiger partial charge in [-0.05, 0) is 31.5 Å². The van der Waals surface area contributed by atoms with Crippen LogP contribution < -0.4 is 5.32 Å². The lowest BCUT2D eigenvalue weighted by atomic mass is 9.95. The number of amides is 1. The van der Waals surface area contributed by atoms with Crippen molar-refractivity contribution in [3.8, 4) is 0 Å². The summed E-state index contributed by atoms with van der Waals surface area (Å²) in [5.41, 5.74) is 0.819. The Morgan fingerprint density at radius 1 is 1.24 bits per heavy atom. The van der Waals surface area contributed by atoms with E-state index in [0.717, 1.165) is 31.5 Å². The van der Waals surface area contributed by atoms with Crippen molar-refractivity contribution < 1.29 is 14.3 Å². The lowest BCUT2D eigenvalue weighted by molar-refractivity contribution is -0.143. The average Bonchev–Trinajstić information content (AvgIpc) is 2.94. The van der Waals surface area contributed by atoms with Gasteiger partial charge in [-0.2, -0.15) is 0 Å². The van der Waals surface area contributed by atoms with Crippen LogP contribution in [0.15, 0.2) is 30.3 Å². The SMILES string of the molecule is O=C(Nc1ccccc1)[C@@H]1CCCN([C@@H]2CCOC2=O)C1. The number of nitrogens with one attached hydrogen (secondary N) is 1. The minimum Gasteiger partial charge on any atom is -0.464 e. The second-order valence-corrected chi connectivity index (χ2v) is 5.66. The van der Waals surface area contributed by atoms with Crippen LogP contribution in [0.4, 0.5) is 5.69 Å². The van der Waals surface area contributed by atoms with Gasteiger partial charge in [0.05, 0.1) is 12.5 Å². The molecule has 0 aromatic heterocycles. The zero-order valence-electron chi connectivity index (χ0n) is 12.0. The molecule has 2 atom stereocenters. The molecule has 2 aliphatic rings. The van der Waals surface area contributed by atoms with E-state index in [2.05, 4.69) is 10.2 Å². The highest BCUT2D eigenvalue weighted by molar-refractivity contribution is 5.92. The molecule has 1 aromatic rings. The first kappa shape index (κ1) is 14.1. The number of anilines is 1. The molecule has 1 aromatic carbocycles. The van der Waals surface area contributed by atoms with Crippen LogP contribution in [-0.2, 0) is 14.3 Å². The molecular weight excluding hydrogens is 268 g/mol. The van der Waals surface area contributed by atoms with Crippen molar-refractivity contribution in [1.82, 2.24) is 4.90 Å². The molecule has 2 heterocycles. The third kappa shape index (κ3) is 3.24. The molecule has 3 rings (SSSR count). The minimum atomic E-state index is -0.155. The van der Waals surface area contributed by atoms with Crippen LogP contribution in [0, 0.1) is 5.92 Å². The summed E-state index contributed by atoms with van der Waals surface area (Å²) >= 11 is 0. The van der Waals surface area contributed by atoms with Gasteiger partial charge in [-0.15, -0.1) is 0 Å². The molecule has 2 aliphatic heterocycles. The van der Waals surface area contributed by atoms with Crippen LogP contribution in [0.25, 0.3) is 0 Å². The van der Waals surface area contributed by atoms with E-state index in [9.17, 15) is 9.59 Å². The number of piperidine rings is 1. The van der Waals surface area contributed by atoms with Crippen LogP contribution in [0.3, 0.4) is 0 Å². The smallest absolute Gasteiger partial charge is 0.323 e. The summed E-state index contributed by atoms with van der Waals surface area (Å²) in [5, 5.41) is 2.95. The van der Waals surface area contributed by atoms with Crippen molar-refractivity contribution in [3.63, 3.8) is 0 Å². The Kier molecular flexibility index (Phi) is 4.20. The lowest BCUT2D eigenvalue weighted by Gasteiger charge is -2.34. The maximum absolute atomic E-state index is 12.4. The first-order chi connectivity index (χ1) is 10.2. The summed E-state index contributed by atoms with van der Waals surface area (Å²) in [4.78, 5) is 26.1. The van der Waals surface area contributed by atoms with E-state index in [1.54, 1.807) is 0 Å². The van der Waals surface area contributed by atoms with Gasteiger partial charge < -0.3 is 10.1 Å². The number of rotatable bonds is 3. The third-order valence-electron chi connectivity index (χ3n) is 4.21. The maximum atomic E-state index is 12.4. The Morgan fingerprint density at radius 2 is 2.05 bits per heavy atom. The molecule has 1 N–H and O–H groups in total. The number of likely N-dealkylation sites (tertiary alicyclic amines) is 1. The van der Waals surface area contributed by atoms with Gasteiger partial charge in [0, 0.05) is 18.7 Å². The Bertz CT molecular complexity index is 518. The van der Waals surface area contributed by atoms with Gasteiger partial charge in [-0.1, -0.05) is 18.2 Å². The molecule has 0 radical (unpaired) electrons. The molecule has 112 valence electrons. The summed E-state index contributed by atoms with van der Waals surface area (Å²) in [7, 11) is 0. The number of carbonyl (C=O) groups excluding carboxylic acids is 2. The van der Waals surface area contributed by atoms with Crippen molar-refractivity contribution in [1.29, 1.82) is 0 Å². The van der Waals surface area contributed by atoms with Crippen LogP contribution in [-0.4, -0.2) is 42.5 Å². The molecule has 1 amide bonds. The summed E-state index contributed by atoms with van der Waals surface area (Å²) in [5.74, 6) is -0.163. The van der Waals surface area contributed by atoms with E-state index in [0.29, 0.717) is 13.2 Å². The highest BCUT2D eigenvalue weighted by Crippen LogP contribution is 2.24. The van der Waals surface area contributed by atoms with E-state index in [1.165, 1.54) is 0 Å². The van der Waals surface area contributed by atoms with Gasteiger partial charge in [0.15, 0.2) is 0 Å². The van der Waals surface area contributed by atoms with E-state index < -0.39 is 0 Å². The average molecular weight is 288 g/mol. The molecule has 2 saturated heterocycles. The number of hydrogen-bond acceptors (Lipinski definition) is 4. The van der Waals surface area contributed by atoms with Crippen LogP contribution >= 0.6 is 0 Å².